The third-order valence-electron chi connectivity index (χ3n) is 6.25. The van der Waals surface area contributed by atoms with Crippen LogP contribution >= 0.6 is 0 Å². The van der Waals surface area contributed by atoms with Gasteiger partial charge in [0.05, 0.1) is 11.4 Å². The number of nitrogens with two attached hydrogens (primary N) is 4. The van der Waals surface area contributed by atoms with E-state index < -0.39 is 0 Å². The standard InChI is InChI=1S/2C12H21N5/c2*1-8(2)10-6-11(16-12(14)15-10)17-5-3-4-9(13)7-17/h2*6,8-9H,3-5,7,13H2,1-2H3,(H2,14,15,16)/t2*9-/m10/s1. The van der Waals surface area contributed by atoms with Crippen LogP contribution in [0.15, 0.2) is 12.1 Å². The zero-order valence-electron chi connectivity index (χ0n) is 21.1. The topological polar surface area (TPSA) is 162 Å². The Balaban J connectivity index is 0.000000191. The summed E-state index contributed by atoms with van der Waals surface area (Å²) in [5.74, 6) is 3.25. The van der Waals surface area contributed by atoms with Crippen LogP contribution in [-0.2, 0) is 0 Å². The molecule has 0 spiro atoms. The maximum atomic E-state index is 5.98. The van der Waals surface area contributed by atoms with Crippen LogP contribution in [0.3, 0.4) is 0 Å². The average molecular weight is 471 g/mol. The van der Waals surface area contributed by atoms with Crippen molar-refractivity contribution in [2.75, 3.05) is 47.4 Å². The van der Waals surface area contributed by atoms with E-state index in [2.05, 4.69) is 57.4 Å². The summed E-state index contributed by atoms with van der Waals surface area (Å²) in [5.41, 5.74) is 25.5. The molecule has 2 fully saturated rings. The monoisotopic (exact) mass is 470 g/mol. The van der Waals surface area contributed by atoms with Crippen LogP contribution < -0.4 is 32.7 Å². The summed E-state index contributed by atoms with van der Waals surface area (Å²) in [5, 5.41) is 0. The molecule has 0 radical (unpaired) electrons. The number of hydrogen-bond acceptors (Lipinski definition) is 10. The van der Waals surface area contributed by atoms with Crippen molar-refractivity contribution in [2.45, 2.75) is 77.3 Å². The summed E-state index contributed by atoms with van der Waals surface area (Å²) >= 11 is 0. The molecule has 4 heterocycles. The number of rotatable bonds is 4. The molecule has 0 bridgehead atoms. The second-order valence-corrected chi connectivity index (χ2v) is 10.0. The summed E-state index contributed by atoms with van der Waals surface area (Å²) < 4.78 is 0. The molecule has 8 N–H and O–H groups in total. The second-order valence-electron chi connectivity index (χ2n) is 10.0. The molecule has 10 heteroatoms. The molecular formula is C24H42N10. The third-order valence-corrected chi connectivity index (χ3v) is 6.25. The van der Waals surface area contributed by atoms with Crippen LogP contribution in [0.25, 0.3) is 0 Å². The molecule has 34 heavy (non-hydrogen) atoms. The van der Waals surface area contributed by atoms with Crippen LogP contribution in [0.1, 0.15) is 76.6 Å². The lowest BCUT2D eigenvalue weighted by Crippen LogP contribution is -2.43. The molecule has 0 aliphatic carbocycles. The summed E-state index contributed by atoms with van der Waals surface area (Å²) in [6, 6.07) is 4.53. The van der Waals surface area contributed by atoms with E-state index in [9.17, 15) is 0 Å². The van der Waals surface area contributed by atoms with Crippen molar-refractivity contribution in [3.8, 4) is 0 Å². The fourth-order valence-corrected chi connectivity index (χ4v) is 4.29. The van der Waals surface area contributed by atoms with E-state index in [4.69, 9.17) is 22.9 Å². The van der Waals surface area contributed by atoms with E-state index >= 15 is 0 Å². The molecular weight excluding hydrogens is 428 g/mol. The van der Waals surface area contributed by atoms with Gasteiger partial charge < -0.3 is 32.7 Å². The number of nitrogen functional groups attached to an aromatic ring is 2. The Bertz CT molecular complexity index is 856. The van der Waals surface area contributed by atoms with Gasteiger partial charge in [-0.25, -0.2) is 9.97 Å². The molecule has 0 amide bonds. The minimum absolute atomic E-state index is 0.238. The summed E-state index contributed by atoms with van der Waals surface area (Å²) in [6.07, 6.45) is 4.41. The maximum absolute atomic E-state index is 5.98. The van der Waals surface area contributed by atoms with Crippen molar-refractivity contribution in [3.05, 3.63) is 23.5 Å². The van der Waals surface area contributed by atoms with Crippen LogP contribution in [-0.4, -0.2) is 58.2 Å². The van der Waals surface area contributed by atoms with Gasteiger partial charge in [-0.3, -0.25) is 0 Å². The lowest BCUT2D eigenvalue weighted by atomic mass is 10.1. The molecule has 2 aromatic heterocycles. The molecule has 4 rings (SSSR count). The Labute approximate surface area is 203 Å². The highest BCUT2D eigenvalue weighted by Crippen LogP contribution is 2.23. The Morgan fingerprint density at radius 2 is 1.09 bits per heavy atom. The van der Waals surface area contributed by atoms with E-state index in [0.717, 1.165) is 74.9 Å². The van der Waals surface area contributed by atoms with Crippen LogP contribution in [0, 0.1) is 0 Å². The molecule has 0 aromatic carbocycles. The fourth-order valence-electron chi connectivity index (χ4n) is 4.29. The first kappa shape index (κ1) is 25.9. The molecule has 0 saturated carbocycles. The smallest absolute Gasteiger partial charge is 0.222 e. The van der Waals surface area contributed by atoms with E-state index in [0.29, 0.717) is 23.7 Å². The Hall–Kier alpha value is -2.72. The van der Waals surface area contributed by atoms with Gasteiger partial charge in [-0.15, -0.1) is 0 Å². The van der Waals surface area contributed by atoms with E-state index in [1.807, 2.05) is 12.1 Å². The first-order valence-electron chi connectivity index (χ1n) is 12.4. The third kappa shape index (κ3) is 7.14. The molecule has 2 aliphatic rings. The first-order valence-corrected chi connectivity index (χ1v) is 12.4. The highest BCUT2D eigenvalue weighted by Gasteiger charge is 2.20. The summed E-state index contributed by atoms with van der Waals surface area (Å²) in [4.78, 5) is 21.5. The predicted octanol–water partition coefficient (Wildman–Crippen LogP) is 2.22. The van der Waals surface area contributed by atoms with E-state index in [1.165, 1.54) is 0 Å². The van der Waals surface area contributed by atoms with Gasteiger partial charge in [-0.1, -0.05) is 27.7 Å². The molecule has 2 aromatic rings. The quantitative estimate of drug-likeness (QED) is 0.521. The average Bonchev–Trinajstić information content (AvgIpc) is 2.78. The van der Waals surface area contributed by atoms with Crippen LogP contribution in [0.4, 0.5) is 23.5 Å². The van der Waals surface area contributed by atoms with Gasteiger partial charge in [0.15, 0.2) is 0 Å². The normalized spacial score (nSPS) is 20.9. The lowest BCUT2D eigenvalue weighted by Gasteiger charge is -2.32. The zero-order chi connectivity index (χ0) is 24.8. The Kier molecular flexibility index (Phi) is 8.84. The Morgan fingerprint density at radius 1 is 0.706 bits per heavy atom. The maximum Gasteiger partial charge on any atom is 0.222 e. The molecule has 2 saturated heterocycles. The van der Waals surface area contributed by atoms with Crippen molar-refractivity contribution >= 4 is 23.5 Å². The fraction of sp³-hybridized carbons (Fsp3) is 0.667. The van der Waals surface area contributed by atoms with Crippen molar-refractivity contribution < 1.29 is 0 Å². The van der Waals surface area contributed by atoms with Crippen molar-refractivity contribution in [1.82, 2.24) is 19.9 Å². The van der Waals surface area contributed by atoms with Crippen LogP contribution in [0.2, 0.25) is 0 Å². The summed E-state index contributed by atoms with van der Waals surface area (Å²) in [7, 11) is 0. The second kappa shape index (κ2) is 11.6. The SMILES string of the molecule is CC(C)c1cc(N2CCC[C@@H](N)C2)nc(N)n1.CC(C)c1cc(N2CCC[C@H](N)C2)nc(N)n1. The number of anilines is 4. The predicted molar refractivity (Wildman–Crippen MR) is 140 cm³/mol. The van der Waals surface area contributed by atoms with Crippen LogP contribution in [0.5, 0.6) is 0 Å². The molecule has 0 unspecified atom stereocenters. The van der Waals surface area contributed by atoms with Gasteiger partial charge in [0.1, 0.15) is 11.6 Å². The Morgan fingerprint density at radius 3 is 1.41 bits per heavy atom. The minimum atomic E-state index is 0.238. The molecule has 10 nitrogen and oxygen atoms in total. The van der Waals surface area contributed by atoms with Crippen molar-refractivity contribution in [2.24, 2.45) is 11.5 Å². The number of hydrogen-bond donors (Lipinski definition) is 4. The van der Waals surface area contributed by atoms with Crippen molar-refractivity contribution in [3.63, 3.8) is 0 Å². The number of aromatic nitrogens is 4. The summed E-state index contributed by atoms with van der Waals surface area (Å²) in [6.45, 7) is 12.1. The van der Waals surface area contributed by atoms with Gasteiger partial charge in [-0.2, -0.15) is 9.97 Å². The van der Waals surface area contributed by atoms with Gasteiger partial charge >= 0.3 is 0 Å². The van der Waals surface area contributed by atoms with E-state index in [-0.39, 0.29) is 12.1 Å². The molecule has 2 atom stereocenters. The highest BCUT2D eigenvalue weighted by atomic mass is 15.2. The molecule has 2 aliphatic heterocycles. The number of nitrogens with zero attached hydrogens (tertiary/aromatic N) is 6. The van der Waals surface area contributed by atoms with E-state index in [1.54, 1.807) is 0 Å². The number of piperidine rings is 2. The first-order chi connectivity index (χ1) is 16.1. The van der Waals surface area contributed by atoms with Gasteiger partial charge in [0.25, 0.3) is 0 Å². The van der Waals surface area contributed by atoms with Gasteiger partial charge in [0, 0.05) is 50.4 Å². The van der Waals surface area contributed by atoms with Gasteiger partial charge in [-0.05, 0) is 37.5 Å². The molecule has 188 valence electrons. The highest BCUT2D eigenvalue weighted by molar-refractivity contribution is 5.45. The largest absolute Gasteiger partial charge is 0.368 e. The zero-order valence-corrected chi connectivity index (χ0v) is 21.1. The van der Waals surface area contributed by atoms with Crippen molar-refractivity contribution in [1.29, 1.82) is 0 Å². The minimum Gasteiger partial charge on any atom is -0.368 e. The lowest BCUT2D eigenvalue weighted by molar-refractivity contribution is 0.503. The van der Waals surface area contributed by atoms with Gasteiger partial charge in [0.2, 0.25) is 11.9 Å².